The van der Waals surface area contributed by atoms with E-state index in [-0.39, 0.29) is 16.5 Å². The van der Waals surface area contributed by atoms with Crippen molar-refractivity contribution in [2.75, 3.05) is 0 Å². The monoisotopic (exact) mass is 273 g/mol. The Hall–Kier alpha value is -1.10. The van der Waals surface area contributed by atoms with Gasteiger partial charge in [-0.05, 0) is 34.0 Å². The Labute approximate surface area is 96.2 Å². The van der Waals surface area contributed by atoms with E-state index in [1.54, 1.807) is 12.1 Å². The number of hydrogen-bond acceptors (Lipinski definition) is 3. The van der Waals surface area contributed by atoms with Crippen molar-refractivity contribution in [1.29, 1.82) is 0 Å². The molecule has 15 heavy (non-hydrogen) atoms. The summed E-state index contributed by atoms with van der Waals surface area (Å²) < 4.78 is 5.75. The van der Waals surface area contributed by atoms with Crippen molar-refractivity contribution in [3.05, 3.63) is 38.4 Å². The van der Waals surface area contributed by atoms with E-state index in [0.717, 1.165) is 0 Å². The van der Waals surface area contributed by atoms with Gasteiger partial charge in [-0.15, -0.1) is 0 Å². The Morgan fingerprint density at radius 1 is 1.67 bits per heavy atom. The lowest BCUT2D eigenvalue weighted by Crippen LogP contribution is -2.02. The quantitative estimate of drug-likeness (QED) is 0.621. The fraction of sp³-hybridized carbons (Fsp3) is 0.400. The smallest absolute Gasteiger partial charge is 0.250 e. The number of allylic oxidation sites excluding steroid dienone is 1. The molecule has 4 nitrogen and oxygen atoms in total. The van der Waals surface area contributed by atoms with E-state index in [9.17, 15) is 10.1 Å². The first kappa shape index (κ1) is 12.0. The van der Waals surface area contributed by atoms with Gasteiger partial charge in [-0.3, -0.25) is 10.1 Å². The Kier molecular flexibility index (Phi) is 4.08. The Balaban J connectivity index is 2.88. The van der Waals surface area contributed by atoms with Crippen molar-refractivity contribution >= 4 is 22.0 Å². The molecule has 0 aliphatic carbocycles. The second-order valence-electron chi connectivity index (χ2n) is 3.63. The van der Waals surface area contributed by atoms with E-state index >= 15 is 0 Å². The average Bonchev–Trinajstić information content (AvgIpc) is 2.49. The third-order valence-electron chi connectivity index (χ3n) is 1.75. The molecule has 0 aliphatic heterocycles. The molecule has 0 atom stereocenters. The van der Waals surface area contributed by atoms with E-state index < -0.39 is 0 Å². The molecule has 0 aliphatic rings. The van der Waals surface area contributed by atoms with Crippen LogP contribution < -0.4 is 0 Å². The van der Waals surface area contributed by atoms with Gasteiger partial charge in [0.25, 0.3) is 0 Å². The van der Waals surface area contributed by atoms with Crippen molar-refractivity contribution in [2.45, 2.75) is 20.3 Å². The minimum absolute atomic E-state index is 0.173. The van der Waals surface area contributed by atoms with Gasteiger partial charge in [0, 0.05) is 6.42 Å². The summed E-state index contributed by atoms with van der Waals surface area (Å²) in [5.74, 6) is 0.745. The summed E-state index contributed by atoms with van der Waals surface area (Å²) in [5.41, 5.74) is 0.173. The van der Waals surface area contributed by atoms with E-state index in [0.29, 0.717) is 16.9 Å². The third kappa shape index (κ3) is 3.87. The second-order valence-corrected chi connectivity index (χ2v) is 4.41. The van der Waals surface area contributed by atoms with Crippen LogP contribution in [0.5, 0.6) is 0 Å². The summed E-state index contributed by atoms with van der Waals surface area (Å²) in [7, 11) is 0. The summed E-state index contributed by atoms with van der Waals surface area (Å²) in [6.45, 7) is 3.88. The number of hydrogen-bond donors (Lipinski definition) is 0. The number of nitrogens with zero attached hydrogens (tertiary/aromatic N) is 1. The van der Waals surface area contributed by atoms with Gasteiger partial charge in [-0.25, -0.2) is 0 Å². The van der Waals surface area contributed by atoms with Crippen molar-refractivity contribution in [1.82, 2.24) is 0 Å². The maximum Gasteiger partial charge on any atom is 0.250 e. The predicted octanol–water partition coefficient (Wildman–Crippen LogP) is 3.71. The van der Waals surface area contributed by atoms with E-state index in [1.165, 1.54) is 6.08 Å². The molecule has 0 bridgehead atoms. The summed E-state index contributed by atoms with van der Waals surface area (Å²) in [6, 6.07) is 3.40. The third-order valence-corrected chi connectivity index (χ3v) is 2.18. The van der Waals surface area contributed by atoms with Crippen molar-refractivity contribution in [3.8, 4) is 0 Å². The zero-order valence-corrected chi connectivity index (χ0v) is 10.2. The zero-order valence-electron chi connectivity index (χ0n) is 8.57. The lowest BCUT2D eigenvalue weighted by atomic mass is 10.1. The van der Waals surface area contributed by atoms with Crippen LogP contribution in [-0.4, -0.2) is 4.92 Å². The predicted molar refractivity (Wildman–Crippen MR) is 60.8 cm³/mol. The lowest BCUT2D eigenvalue weighted by molar-refractivity contribution is -0.427. The molecule has 0 amide bonds. The van der Waals surface area contributed by atoms with Crippen molar-refractivity contribution in [3.63, 3.8) is 0 Å². The number of furan rings is 1. The van der Waals surface area contributed by atoms with Crippen molar-refractivity contribution in [2.24, 2.45) is 5.92 Å². The van der Waals surface area contributed by atoms with Gasteiger partial charge in [0.15, 0.2) is 4.67 Å². The fourth-order valence-corrected chi connectivity index (χ4v) is 1.49. The van der Waals surface area contributed by atoms with Crippen LogP contribution in [0.15, 0.2) is 26.9 Å². The van der Waals surface area contributed by atoms with Crippen LogP contribution in [0.2, 0.25) is 0 Å². The average molecular weight is 274 g/mol. The molecule has 0 radical (unpaired) electrons. The van der Waals surface area contributed by atoms with Crippen LogP contribution in [0.25, 0.3) is 6.08 Å². The largest absolute Gasteiger partial charge is 0.450 e. The maximum absolute atomic E-state index is 10.7. The van der Waals surface area contributed by atoms with Gasteiger partial charge in [0.2, 0.25) is 5.70 Å². The fourth-order valence-electron chi connectivity index (χ4n) is 1.17. The molecule has 1 aromatic heterocycles. The molecule has 0 fully saturated rings. The summed E-state index contributed by atoms with van der Waals surface area (Å²) in [6.07, 6.45) is 1.90. The summed E-state index contributed by atoms with van der Waals surface area (Å²) in [5, 5.41) is 10.7. The van der Waals surface area contributed by atoms with Gasteiger partial charge < -0.3 is 4.42 Å². The number of nitro groups is 1. The SMILES string of the molecule is CC(C)CC(=Cc1ccc(Br)o1)[N+](=O)[O-]. The maximum atomic E-state index is 10.7. The first-order valence-corrected chi connectivity index (χ1v) is 5.38. The Bertz CT molecular complexity index is 382. The van der Waals surface area contributed by atoms with Crippen LogP contribution in [0.4, 0.5) is 0 Å². The molecule has 0 spiro atoms. The molecule has 0 unspecified atom stereocenters. The molecule has 0 N–H and O–H groups in total. The Morgan fingerprint density at radius 2 is 2.33 bits per heavy atom. The molecule has 1 aromatic rings. The first-order valence-electron chi connectivity index (χ1n) is 4.59. The second kappa shape index (κ2) is 5.11. The normalized spacial score (nSPS) is 12.1. The van der Waals surface area contributed by atoms with Gasteiger partial charge in [0.05, 0.1) is 11.0 Å². The first-order chi connectivity index (χ1) is 6.99. The lowest BCUT2D eigenvalue weighted by Gasteiger charge is -2.00. The standard InChI is InChI=1S/C10H12BrNO3/c1-7(2)5-8(12(13)14)6-9-3-4-10(11)15-9/h3-4,6-7H,5H2,1-2H3. The Morgan fingerprint density at radius 3 is 2.73 bits per heavy atom. The van der Waals surface area contributed by atoms with Crippen LogP contribution in [-0.2, 0) is 0 Å². The minimum Gasteiger partial charge on any atom is -0.450 e. The molecule has 1 rings (SSSR count). The molecule has 1 heterocycles. The van der Waals surface area contributed by atoms with Gasteiger partial charge >= 0.3 is 0 Å². The highest BCUT2D eigenvalue weighted by Gasteiger charge is 2.13. The highest BCUT2D eigenvalue weighted by Crippen LogP contribution is 2.19. The van der Waals surface area contributed by atoms with Gasteiger partial charge in [-0.2, -0.15) is 0 Å². The molecule has 5 heteroatoms. The molecule has 82 valence electrons. The van der Waals surface area contributed by atoms with Crippen LogP contribution in [0.3, 0.4) is 0 Å². The topological polar surface area (TPSA) is 56.3 Å². The van der Waals surface area contributed by atoms with E-state index in [2.05, 4.69) is 15.9 Å². The number of halogens is 1. The summed E-state index contributed by atoms with van der Waals surface area (Å²) >= 11 is 3.14. The zero-order chi connectivity index (χ0) is 11.4. The number of rotatable bonds is 4. The minimum atomic E-state index is -0.365. The highest BCUT2D eigenvalue weighted by atomic mass is 79.9. The van der Waals surface area contributed by atoms with Crippen molar-refractivity contribution < 1.29 is 9.34 Å². The molecule has 0 aromatic carbocycles. The summed E-state index contributed by atoms with van der Waals surface area (Å²) in [4.78, 5) is 10.4. The van der Waals surface area contributed by atoms with Crippen LogP contribution in [0.1, 0.15) is 26.0 Å². The molecular formula is C10H12BrNO3. The highest BCUT2D eigenvalue weighted by molar-refractivity contribution is 9.10. The van der Waals surface area contributed by atoms with Crippen LogP contribution >= 0.6 is 15.9 Å². The van der Waals surface area contributed by atoms with E-state index in [1.807, 2.05) is 13.8 Å². The van der Waals surface area contributed by atoms with E-state index in [4.69, 9.17) is 4.42 Å². The van der Waals surface area contributed by atoms with Gasteiger partial charge in [-0.1, -0.05) is 13.8 Å². The molecule has 0 saturated carbocycles. The van der Waals surface area contributed by atoms with Crippen LogP contribution in [0, 0.1) is 16.0 Å². The van der Waals surface area contributed by atoms with Gasteiger partial charge in [0.1, 0.15) is 5.76 Å². The molecular weight excluding hydrogens is 262 g/mol. The molecule has 0 saturated heterocycles.